The van der Waals surface area contributed by atoms with Gasteiger partial charge in [-0.15, -0.1) is 0 Å². The number of carbonyl (C=O) groups excluding carboxylic acids is 2. The molecule has 1 saturated heterocycles. The minimum Gasteiger partial charge on any atom is -0.494 e. The monoisotopic (exact) mass is 654 g/mol. The van der Waals surface area contributed by atoms with Crippen molar-refractivity contribution in [2.45, 2.75) is 94.8 Å². The van der Waals surface area contributed by atoms with Gasteiger partial charge >= 0.3 is 0 Å². The molecule has 1 aliphatic heterocycles. The number of hydrogen-bond acceptors (Lipinski definition) is 8. The molecule has 1 aliphatic carbocycles. The quantitative estimate of drug-likeness (QED) is 0.255. The van der Waals surface area contributed by atoms with E-state index in [0.29, 0.717) is 31.5 Å². The number of aromatic nitrogens is 1. The second-order valence-electron chi connectivity index (χ2n) is 13.0. The summed E-state index contributed by atoms with van der Waals surface area (Å²) in [5.41, 5.74) is 0.543. The lowest BCUT2D eigenvalue weighted by molar-refractivity contribution is -0.125. The third-order valence-corrected chi connectivity index (χ3v) is 10.7. The van der Waals surface area contributed by atoms with Gasteiger partial charge in [-0.3, -0.25) is 9.59 Å². The number of nitrogens with one attached hydrogen (secondary N) is 2. The molecular formula is C34H46N4O7S. The van der Waals surface area contributed by atoms with Crippen molar-refractivity contribution in [3.63, 3.8) is 0 Å². The first-order chi connectivity index (χ1) is 22.1. The summed E-state index contributed by atoms with van der Waals surface area (Å²) in [6, 6.07) is 10.2. The van der Waals surface area contributed by atoms with Crippen molar-refractivity contribution in [1.82, 2.24) is 19.9 Å². The summed E-state index contributed by atoms with van der Waals surface area (Å²) in [6.07, 6.45) is 8.95. The van der Waals surface area contributed by atoms with E-state index >= 15 is 0 Å². The zero-order valence-electron chi connectivity index (χ0n) is 26.7. The minimum absolute atomic E-state index is 0.0816. The first-order valence-corrected chi connectivity index (χ1v) is 17.9. The minimum atomic E-state index is -3.90. The summed E-state index contributed by atoms with van der Waals surface area (Å²) in [6.45, 7) is 4.56. The molecule has 11 nitrogen and oxygen atoms in total. The molecule has 250 valence electrons. The molecule has 2 aromatic heterocycles. The van der Waals surface area contributed by atoms with Gasteiger partial charge in [0.25, 0.3) is 15.9 Å². The highest BCUT2D eigenvalue weighted by Crippen LogP contribution is 2.28. The van der Waals surface area contributed by atoms with Crippen LogP contribution in [0.15, 0.2) is 58.1 Å². The van der Waals surface area contributed by atoms with Crippen LogP contribution in [0.5, 0.6) is 5.75 Å². The average Bonchev–Trinajstić information content (AvgIpc) is 3.38. The SMILES string of the molecule is CC(C)C[C@H](NC(=O)c1cc2cc(OCCC3CCCCC3)ccc2o1)C(=O)NC1CCCN(S(=O)(=O)c2ccccn2)CC1O. The summed E-state index contributed by atoms with van der Waals surface area (Å²) in [5.74, 6) is 0.648. The fourth-order valence-corrected chi connectivity index (χ4v) is 7.81. The maximum absolute atomic E-state index is 13.5. The van der Waals surface area contributed by atoms with Crippen molar-refractivity contribution in [3.05, 3.63) is 54.4 Å². The van der Waals surface area contributed by atoms with E-state index < -0.39 is 40.0 Å². The third-order valence-electron chi connectivity index (χ3n) is 8.91. The Morgan fingerprint density at radius 2 is 1.89 bits per heavy atom. The molecule has 0 spiro atoms. The van der Waals surface area contributed by atoms with Crippen LogP contribution in [0.3, 0.4) is 0 Å². The number of aliphatic hydroxyl groups excluding tert-OH is 1. The highest BCUT2D eigenvalue weighted by atomic mass is 32.2. The predicted molar refractivity (Wildman–Crippen MR) is 174 cm³/mol. The van der Waals surface area contributed by atoms with E-state index in [-0.39, 0.29) is 29.8 Å². The van der Waals surface area contributed by atoms with Gasteiger partial charge < -0.3 is 24.9 Å². The number of amides is 2. The first-order valence-electron chi connectivity index (χ1n) is 16.5. The number of pyridine rings is 1. The molecule has 3 N–H and O–H groups in total. The van der Waals surface area contributed by atoms with Crippen LogP contribution >= 0.6 is 0 Å². The molecule has 3 heterocycles. The van der Waals surface area contributed by atoms with E-state index in [1.54, 1.807) is 24.3 Å². The van der Waals surface area contributed by atoms with E-state index in [4.69, 9.17) is 9.15 Å². The Balaban J connectivity index is 1.19. The van der Waals surface area contributed by atoms with Crippen molar-refractivity contribution in [2.24, 2.45) is 11.8 Å². The summed E-state index contributed by atoms with van der Waals surface area (Å²) >= 11 is 0. The average molecular weight is 655 g/mol. The van der Waals surface area contributed by atoms with Gasteiger partial charge in [-0.25, -0.2) is 13.4 Å². The van der Waals surface area contributed by atoms with Gasteiger partial charge in [-0.05, 0) is 73.9 Å². The molecule has 3 aromatic rings. The number of ether oxygens (including phenoxy) is 1. The van der Waals surface area contributed by atoms with Gasteiger partial charge in [0.2, 0.25) is 5.91 Å². The van der Waals surface area contributed by atoms with Crippen LogP contribution in [0, 0.1) is 11.8 Å². The second kappa shape index (κ2) is 15.4. The lowest BCUT2D eigenvalue weighted by Crippen LogP contribution is -2.54. The van der Waals surface area contributed by atoms with Gasteiger partial charge in [0.05, 0.1) is 18.8 Å². The molecule has 46 heavy (non-hydrogen) atoms. The number of fused-ring (bicyclic) bond motifs is 1. The van der Waals surface area contributed by atoms with E-state index in [1.165, 1.54) is 48.7 Å². The van der Waals surface area contributed by atoms with Crippen molar-refractivity contribution in [3.8, 4) is 5.75 Å². The van der Waals surface area contributed by atoms with E-state index in [2.05, 4.69) is 15.6 Å². The maximum Gasteiger partial charge on any atom is 0.287 e. The highest BCUT2D eigenvalue weighted by molar-refractivity contribution is 7.89. The number of nitrogens with zero attached hydrogens (tertiary/aromatic N) is 2. The summed E-state index contributed by atoms with van der Waals surface area (Å²) in [4.78, 5) is 30.7. The van der Waals surface area contributed by atoms with E-state index in [1.807, 2.05) is 26.0 Å². The van der Waals surface area contributed by atoms with Crippen LogP contribution in [0.1, 0.15) is 82.2 Å². The summed E-state index contributed by atoms with van der Waals surface area (Å²) in [5, 5.41) is 17.3. The van der Waals surface area contributed by atoms with Crippen LogP contribution in [-0.2, 0) is 14.8 Å². The normalized spacial score (nSPS) is 20.7. The molecule has 2 aliphatic rings. The number of rotatable bonds is 12. The zero-order chi connectivity index (χ0) is 32.7. The van der Waals surface area contributed by atoms with E-state index in [0.717, 1.165) is 23.5 Å². The summed E-state index contributed by atoms with van der Waals surface area (Å²) in [7, 11) is -3.90. The fraction of sp³-hybridized carbons (Fsp3) is 0.559. The topological polar surface area (TPSA) is 151 Å². The van der Waals surface area contributed by atoms with E-state index in [9.17, 15) is 23.1 Å². The van der Waals surface area contributed by atoms with Gasteiger partial charge in [-0.1, -0.05) is 52.0 Å². The smallest absolute Gasteiger partial charge is 0.287 e. The number of benzene rings is 1. The fourth-order valence-electron chi connectivity index (χ4n) is 6.38. The Morgan fingerprint density at radius 1 is 1.09 bits per heavy atom. The Labute approximate surface area is 271 Å². The molecule has 1 saturated carbocycles. The number of aliphatic hydroxyl groups is 1. The number of furan rings is 1. The van der Waals surface area contributed by atoms with Gasteiger partial charge in [0.15, 0.2) is 10.8 Å². The van der Waals surface area contributed by atoms with Crippen LogP contribution in [0.2, 0.25) is 0 Å². The van der Waals surface area contributed by atoms with Crippen LogP contribution in [0.25, 0.3) is 11.0 Å². The molecule has 2 fully saturated rings. The lowest BCUT2D eigenvalue weighted by atomic mass is 9.87. The van der Waals surface area contributed by atoms with Crippen LogP contribution in [0.4, 0.5) is 0 Å². The molecule has 5 rings (SSSR count). The molecule has 0 bridgehead atoms. The highest BCUT2D eigenvalue weighted by Gasteiger charge is 2.35. The Bertz CT molecular complexity index is 1570. The zero-order valence-corrected chi connectivity index (χ0v) is 27.5. The van der Waals surface area contributed by atoms with Crippen molar-refractivity contribution >= 4 is 32.8 Å². The van der Waals surface area contributed by atoms with Gasteiger partial charge in [-0.2, -0.15) is 4.31 Å². The molecule has 3 atom stereocenters. The predicted octanol–water partition coefficient (Wildman–Crippen LogP) is 4.65. The number of β-amino-alcohol motifs (C(OH)–C–C–N with tert-alkyl or cyclic N) is 1. The number of hydrogen-bond donors (Lipinski definition) is 3. The number of carbonyl (C=O) groups is 2. The Morgan fingerprint density at radius 3 is 2.63 bits per heavy atom. The van der Waals surface area contributed by atoms with Gasteiger partial charge in [0.1, 0.15) is 17.4 Å². The molecule has 1 aromatic carbocycles. The summed E-state index contributed by atoms with van der Waals surface area (Å²) < 4.78 is 39.2. The second-order valence-corrected chi connectivity index (χ2v) is 14.8. The standard InChI is InChI=1S/C34H46N4O7S/c1-23(2)19-28(33(40)36-27-11-8-17-38(22-29(27)39)46(42,43)32-12-6-7-16-35-32)37-34(41)31-21-25-20-26(13-14-30(25)45-31)44-18-15-24-9-4-3-5-10-24/h6-7,12-14,16,20-21,23-24,27-29,39H,3-5,8-11,15,17-19,22H2,1-2H3,(H,36,40)(H,37,41)/t27?,28-,29?/m0/s1. The molecular weight excluding hydrogens is 608 g/mol. The molecule has 2 amide bonds. The number of sulfonamides is 1. The Hall–Kier alpha value is -3.48. The molecule has 0 radical (unpaired) electrons. The van der Waals surface area contributed by atoms with Crippen LogP contribution < -0.4 is 15.4 Å². The Kier molecular flexibility index (Phi) is 11.3. The van der Waals surface area contributed by atoms with Gasteiger partial charge in [0, 0.05) is 24.7 Å². The largest absolute Gasteiger partial charge is 0.494 e. The van der Waals surface area contributed by atoms with Crippen molar-refractivity contribution in [1.29, 1.82) is 0 Å². The van der Waals surface area contributed by atoms with Crippen molar-refractivity contribution < 1.29 is 32.3 Å². The first kappa shape index (κ1) is 33.9. The third kappa shape index (κ3) is 8.65. The lowest BCUT2D eigenvalue weighted by Gasteiger charge is -2.27. The molecule has 12 heteroatoms. The van der Waals surface area contributed by atoms with Crippen molar-refractivity contribution in [2.75, 3.05) is 19.7 Å². The van der Waals surface area contributed by atoms with Crippen LogP contribution in [-0.4, -0.2) is 72.5 Å². The molecule has 2 unspecified atom stereocenters. The maximum atomic E-state index is 13.5.